The predicted octanol–water partition coefficient (Wildman–Crippen LogP) is 11.5. The summed E-state index contributed by atoms with van der Waals surface area (Å²) in [7, 11) is 0. The van der Waals surface area contributed by atoms with E-state index in [4.69, 9.17) is 4.98 Å². The van der Waals surface area contributed by atoms with E-state index in [1.54, 1.807) is 17.4 Å². The summed E-state index contributed by atoms with van der Waals surface area (Å²) < 4.78 is 17.4. The van der Waals surface area contributed by atoms with Gasteiger partial charge in [-0.3, -0.25) is 0 Å². The predicted molar refractivity (Wildman–Crippen MR) is 204 cm³/mol. The Morgan fingerprint density at radius 1 is 0.776 bits per heavy atom. The van der Waals surface area contributed by atoms with Gasteiger partial charge in [0, 0.05) is 31.0 Å². The SMILES string of the molecule is Fc1ccc2sc3c[c-]c(-c4cc(CC5CCCC5)ccn4)cc3c2c1.[CH3][Ge]([CH3])([CH3])[c]1cnc(-c2[c-]cccc2)cc1-c1ccccc1.[Ir]. The maximum Gasteiger partial charge on any atom is 0 e. The van der Waals surface area contributed by atoms with Crippen molar-refractivity contribution < 1.29 is 24.5 Å². The first kappa shape index (κ1) is 35.4. The Bertz CT molecular complexity index is 2170. The first-order valence-electron chi connectivity index (χ1n) is 16.8. The van der Waals surface area contributed by atoms with Crippen LogP contribution in [0.3, 0.4) is 0 Å². The maximum absolute atomic E-state index is 13.7. The van der Waals surface area contributed by atoms with Crippen molar-refractivity contribution in [3.63, 3.8) is 0 Å². The second-order valence-electron chi connectivity index (χ2n) is 13.8. The molecule has 1 aliphatic rings. The topological polar surface area (TPSA) is 25.8 Å². The van der Waals surface area contributed by atoms with Crippen LogP contribution in [0.5, 0.6) is 0 Å². The van der Waals surface area contributed by atoms with Gasteiger partial charge in [-0.25, -0.2) is 4.39 Å². The Morgan fingerprint density at radius 3 is 2.29 bits per heavy atom. The van der Waals surface area contributed by atoms with E-state index in [0.29, 0.717) is 0 Å². The van der Waals surface area contributed by atoms with Crippen LogP contribution in [-0.2, 0) is 26.5 Å². The quantitative estimate of drug-likeness (QED) is 0.123. The van der Waals surface area contributed by atoms with Crippen LogP contribution in [0.2, 0.25) is 17.3 Å². The molecule has 4 aromatic carbocycles. The molecule has 3 aromatic heterocycles. The number of rotatable bonds is 6. The van der Waals surface area contributed by atoms with Gasteiger partial charge in [0.05, 0.1) is 0 Å². The van der Waals surface area contributed by atoms with Crippen molar-refractivity contribution in [1.29, 1.82) is 0 Å². The minimum atomic E-state index is -1.99. The zero-order valence-corrected chi connectivity index (χ0v) is 33.4. The van der Waals surface area contributed by atoms with E-state index in [-0.39, 0.29) is 25.9 Å². The van der Waals surface area contributed by atoms with Gasteiger partial charge >= 0.3 is 135 Å². The summed E-state index contributed by atoms with van der Waals surface area (Å²) in [6.45, 7) is 0. The van der Waals surface area contributed by atoms with Gasteiger partial charge in [-0.05, 0) is 52.4 Å². The van der Waals surface area contributed by atoms with Crippen molar-refractivity contribution in [1.82, 2.24) is 9.97 Å². The smallest absolute Gasteiger partial charge is 0 e. The largest absolute Gasteiger partial charge is 0 e. The van der Waals surface area contributed by atoms with Crippen LogP contribution in [-0.4, -0.2) is 23.2 Å². The van der Waals surface area contributed by atoms with Gasteiger partial charge in [0.2, 0.25) is 0 Å². The molecule has 0 aliphatic heterocycles. The molecule has 7 aromatic rings. The second-order valence-corrected chi connectivity index (χ2v) is 25.4. The van der Waals surface area contributed by atoms with Gasteiger partial charge < -0.3 is 4.98 Å². The molecular weight excluding hydrogens is 860 g/mol. The summed E-state index contributed by atoms with van der Waals surface area (Å²) in [5, 5.41) is 2.06. The van der Waals surface area contributed by atoms with E-state index in [2.05, 4.69) is 101 Å². The summed E-state index contributed by atoms with van der Waals surface area (Å²) in [5.74, 6) is 7.87. The molecule has 3 heterocycles. The molecule has 1 aliphatic carbocycles. The molecule has 1 fully saturated rings. The molecule has 8 rings (SSSR count). The Hall–Kier alpha value is -3.48. The molecule has 1 saturated carbocycles. The van der Waals surface area contributed by atoms with Gasteiger partial charge in [-0.1, -0.05) is 42.7 Å². The van der Waals surface area contributed by atoms with E-state index < -0.39 is 13.3 Å². The third-order valence-electron chi connectivity index (χ3n) is 9.25. The molecule has 49 heavy (non-hydrogen) atoms. The van der Waals surface area contributed by atoms with E-state index in [9.17, 15) is 4.39 Å². The molecule has 1 radical (unpaired) electrons. The van der Waals surface area contributed by atoms with E-state index >= 15 is 0 Å². The van der Waals surface area contributed by atoms with Gasteiger partial charge in [0.1, 0.15) is 5.82 Å². The van der Waals surface area contributed by atoms with Crippen LogP contribution in [0.25, 0.3) is 53.8 Å². The van der Waals surface area contributed by atoms with E-state index in [1.807, 2.05) is 36.5 Å². The molecule has 0 spiro atoms. The van der Waals surface area contributed by atoms with Gasteiger partial charge in [-0.2, -0.15) is 11.3 Å². The van der Waals surface area contributed by atoms with Crippen molar-refractivity contribution >= 4 is 49.2 Å². The number of pyridine rings is 2. The zero-order chi connectivity index (χ0) is 33.1. The third-order valence-corrected chi connectivity index (χ3v) is 14.6. The number of hydrogen-bond donors (Lipinski definition) is 0. The van der Waals surface area contributed by atoms with Crippen LogP contribution < -0.4 is 4.40 Å². The van der Waals surface area contributed by atoms with Crippen molar-refractivity contribution in [3.05, 3.63) is 139 Å². The normalized spacial score (nSPS) is 13.2. The molecule has 2 nitrogen and oxygen atoms in total. The number of halogens is 1. The van der Waals surface area contributed by atoms with Crippen molar-refractivity contribution in [2.24, 2.45) is 5.92 Å². The molecule has 249 valence electrons. The minimum Gasteiger partial charge on any atom is 0 e. The molecule has 0 saturated heterocycles. The molecular formula is C43H39FGeIrN2S-2. The van der Waals surface area contributed by atoms with Crippen LogP contribution in [0, 0.1) is 23.9 Å². The number of thiophene rings is 1. The first-order chi connectivity index (χ1) is 23.3. The molecule has 0 bridgehead atoms. The molecule has 0 atom stereocenters. The van der Waals surface area contributed by atoms with Gasteiger partial charge in [0.25, 0.3) is 0 Å². The fourth-order valence-corrected chi connectivity index (χ4v) is 10.9. The maximum atomic E-state index is 13.7. The van der Waals surface area contributed by atoms with Crippen LogP contribution in [0.4, 0.5) is 4.39 Å². The second kappa shape index (κ2) is 15.6. The Kier molecular flexibility index (Phi) is 11.3. The summed E-state index contributed by atoms with van der Waals surface area (Å²) in [6.07, 6.45) is 10.6. The van der Waals surface area contributed by atoms with Crippen LogP contribution in [0.1, 0.15) is 31.2 Å². The molecule has 0 N–H and O–H groups in total. The first-order valence-corrected chi connectivity index (χ1v) is 25.0. The summed E-state index contributed by atoms with van der Waals surface area (Å²) >= 11 is -0.305. The number of hydrogen-bond acceptors (Lipinski definition) is 3. The van der Waals surface area contributed by atoms with E-state index in [1.165, 1.54) is 52.8 Å². The average molecular weight is 900 g/mol. The number of nitrogens with zero attached hydrogens (tertiary/aromatic N) is 2. The van der Waals surface area contributed by atoms with Crippen LogP contribution in [0.15, 0.2) is 116 Å². The minimum absolute atomic E-state index is 0. The van der Waals surface area contributed by atoms with Gasteiger partial charge in [0.15, 0.2) is 0 Å². The Labute approximate surface area is 309 Å². The number of fused-ring (bicyclic) bond motifs is 3. The van der Waals surface area contributed by atoms with E-state index in [0.717, 1.165) is 55.0 Å². The van der Waals surface area contributed by atoms with Crippen molar-refractivity contribution in [2.75, 3.05) is 0 Å². The number of aromatic nitrogens is 2. The fraction of sp³-hybridized carbons (Fsp3) is 0.209. The zero-order valence-electron chi connectivity index (χ0n) is 28.1. The van der Waals surface area contributed by atoms with Crippen LogP contribution >= 0.6 is 11.3 Å². The Morgan fingerprint density at radius 2 is 1.53 bits per heavy atom. The summed E-state index contributed by atoms with van der Waals surface area (Å²) in [6, 6.07) is 41.0. The monoisotopic (exact) mass is 901 g/mol. The summed E-state index contributed by atoms with van der Waals surface area (Å²) in [5.41, 5.74) is 7.94. The summed E-state index contributed by atoms with van der Waals surface area (Å²) in [4.78, 5) is 9.29. The van der Waals surface area contributed by atoms with Crippen molar-refractivity contribution in [2.45, 2.75) is 49.4 Å². The standard InChI is InChI=1S/C23H19FNS.C20H20GeN.Ir/c24-18-6-8-23-20(14-18)19-13-17(5-7-22(19)26-23)21-12-16(9-10-25-21)11-15-3-1-2-4-15;1-21(2,3)19-15-22-20(17-12-8-5-9-13-17)14-18(19)16-10-6-4-7-11-16;/h6-10,12-15H,1-4,11H2;4-12,14-15H,1-3H3;/q2*-1;. The molecule has 6 heteroatoms. The molecule has 0 amide bonds. The average Bonchev–Trinajstić information content (AvgIpc) is 3.76. The van der Waals surface area contributed by atoms with Gasteiger partial charge in [-0.15, -0.1) is 23.8 Å². The number of benzene rings is 4. The molecule has 0 unspecified atom stereocenters. The fourth-order valence-electron chi connectivity index (χ4n) is 6.75. The third kappa shape index (κ3) is 8.29. The Balaban J connectivity index is 0.000000169. The van der Waals surface area contributed by atoms with Crippen molar-refractivity contribution in [3.8, 4) is 33.6 Å².